The Morgan fingerprint density at radius 3 is 2.22 bits per heavy atom. The maximum atomic E-state index is 12.2. The minimum Gasteiger partial charge on any atom is -0.388 e. The zero-order valence-corrected chi connectivity index (χ0v) is 20.9. The standard InChI is InChI=1S/C34H28N2O/c1-20-24-15-8-11-19-28(24)36-31(20)29(22-12-4-3-5-13-22)30-32(37)25-16-6-9-17-26(25)34(30,36)33-21(2)23-14-7-10-18-27(23)35-33/h3-19,29-30,32,35,37H,1-2H3. The first-order chi connectivity index (χ1) is 18.1. The number of aromatic nitrogens is 2. The number of hydrogen-bond donors (Lipinski definition) is 2. The Balaban J connectivity index is 1.61. The van der Waals surface area contributed by atoms with Crippen molar-refractivity contribution in [1.29, 1.82) is 0 Å². The van der Waals surface area contributed by atoms with E-state index in [1.165, 1.54) is 49.9 Å². The molecule has 3 heterocycles. The maximum Gasteiger partial charge on any atom is 0.117 e. The molecule has 0 bridgehead atoms. The van der Waals surface area contributed by atoms with Crippen LogP contribution in [0.15, 0.2) is 103 Å². The lowest BCUT2D eigenvalue weighted by molar-refractivity contribution is 0.0883. The second-order valence-electron chi connectivity index (χ2n) is 10.7. The number of rotatable bonds is 2. The molecule has 3 nitrogen and oxygen atoms in total. The van der Waals surface area contributed by atoms with Gasteiger partial charge in [-0.25, -0.2) is 0 Å². The van der Waals surface area contributed by atoms with Gasteiger partial charge >= 0.3 is 0 Å². The van der Waals surface area contributed by atoms with E-state index in [9.17, 15) is 5.11 Å². The summed E-state index contributed by atoms with van der Waals surface area (Å²) in [5.41, 5.74) is 10.3. The van der Waals surface area contributed by atoms with Crippen molar-refractivity contribution in [3.05, 3.63) is 142 Å². The van der Waals surface area contributed by atoms with Crippen LogP contribution in [0.2, 0.25) is 0 Å². The average molecular weight is 481 g/mol. The molecule has 3 heteroatoms. The number of para-hydroxylation sites is 2. The molecular formula is C34H28N2O. The van der Waals surface area contributed by atoms with Crippen LogP contribution in [-0.4, -0.2) is 14.7 Å². The van der Waals surface area contributed by atoms with E-state index < -0.39 is 11.6 Å². The monoisotopic (exact) mass is 480 g/mol. The molecule has 0 saturated heterocycles. The first-order valence-electron chi connectivity index (χ1n) is 13.1. The van der Waals surface area contributed by atoms with Crippen LogP contribution in [0.3, 0.4) is 0 Å². The summed E-state index contributed by atoms with van der Waals surface area (Å²) in [6.07, 6.45) is -0.592. The number of benzene rings is 4. The number of H-pyrrole nitrogens is 1. The third-order valence-electron chi connectivity index (χ3n) is 9.20. The van der Waals surface area contributed by atoms with Crippen molar-refractivity contribution in [2.75, 3.05) is 0 Å². The average Bonchev–Trinajstić information content (AvgIpc) is 3.62. The fourth-order valence-corrected chi connectivity index (χ4v) is 7.84. The lowest BCUT2D eigenvalue weighted by atomic mass is 9.72. The Kier molecular flexibility index (Phi) is 4.12. The molecule has 8 rings (SSSR count). The van der Waals surface area contributed by atoms with Gasteiger partial charge < -0.3 is 14.7 Å². The molecule has 0 saturated carbocycles. The van der Waals surface area contributed by atoms with Crippen LogP contribution in [0, 0.1) is 19.8 Å². The summed E-state index contributed by atoms with van der Waals surface area (Å²) < 4.78 is 2.59. The van der Waals surface area contributed by atoms with Crippen LogP contribution < -0.4 is 0 Å². The molecule has 2 aromatic heterocycles. The van der Waals surface area contributed by atoms with Crippen molar-refractivity contribution < 1.29 is 5.11 Å². The van der Waals surface area contributed by atoms with Crippen LogP contribution in [0.1, 0.15) is 51.2 Å². The Labute approximate surface area is 216 Å². The molecule has 0 amide bonds. The van der Waals surface area contributed by atoms with E-state index in [1.807, 2.05) is 0 Å². The third-order valence-corrected chi connectivity index (χ3v) is 9.20. The molecule has 1 aliphatic carbocycles. The van der Waals surface area contributed by atoms with Crippen LogP contribution in [0.4, 0.5) is 0 Å². The highest BCUT2D eigenvalue weighted by molar-refractivity contribution is 5.90. The van der Waals surface area contributed by atoms with E-state index >= 15 is 0 Å². The Bertz CT molecular complexity index is 1840. The number of aromatic amines is 1. The van der Waals surface area contributed by atoms with Crippen LogP contribution in [0.25, 0.3) is 21.8 Å². The maximum absolute atomic E-state index is 12.2. The van der Waals surface area contributed by atoms with Gasteiger partial charge in [0.25, 0.3) is 0 Å². The minimum absolute atomic E-state index is 0.0433. The highest BCUT2D eigenvalue weighted by Gasteiger charge is 2.64. The number of aryl methyl sites for hydroxylation is 2. The number of aliphatic hydroxyl groups excluding tert-OH is 1. The number of nitrogens with one attached hydrogen (secondary N) is 1. The van der Waals surface area contributed by atoms with Crippen molar-refractivity contribution in [3.8, 4) is 0 Å². The summed E-state index contributed by atoms with van der Waals surface area (Å²) in [5.74, 6) is -0.0424. The predicted octanol–water partition coefficient (Wildman–Crippen LogP) is 7.34. The number of nitrogens with zero attached hydrogens (tertiary/aromatic N) is 1. The third kappa shape index (κ3) is 2.41. The van der Waals surface area contributed by atoms with Gasteiger partial charge in [0.2, 0.25) is 0 Å². The molecule has 4 atom stereocenters. The highest BCUT2D eigenvalue weighted by Crippen LogP contribution is 2.66. The molecule has 2 N–H and O–H groups in total. The Morgan fingerprint density at radius 1 is 0.730 bits per heavy atom. The smallest absolute Gasteiger partial charge is 0.117 e. The lowest BCUT2D eigenvalue weighted by Gasteiger charge is -2.36. The molecule has 2 aliphatic rings. The first kappa shape index (κ1) is 21.0. The van der Waals surface area contributed by atoms with Gasteiger partial charge in [0.1, 0.15) is 5.54 Å². The summed E-state index contributed by atoms with van der Waals surface area (Å²) in [5, 5.41) is 14.7. The van der Waals surface area contributed by atoms with Crippen molar-refractivity contribution >= 4 is 21.8 Å². The summed E-state index contributed by atoms with van der Waals surface area (Å²) in [4.78, 5) is 3.88. The molecule has 1 aliphatic heterocycles. The summed E-state index contributed by atoms with van der Waals surface area (Å²) >= 11 is 0. The second kappa shape index (κ2) is 7.24. The zero-order chi connectivity index (χ0) is 24.9. The molecule has 4 unspecified atom stereocenters. The minimum atomic E-state index is -0.592. The Hall–Kier alpha value is -4.08. The van der Waals surface area contributed by atoms with Gasteiger partial charge in [0, 0.05) is 39.3 Å². The van der Waals surface area contributed by atoms with Gasteiger partial charge in [-0.15, -0.1) is 0 Å². The second-order valence-corrected chi connectivity index (χ2v) is 10.7. The van der Waals surface area contributed by atoms with E-state index in [0.717, 1.165) is 11.1 Å². The van der Waals surface area contributed by atoms with Crippen LogP contribution in [-0.2, 0) is 5.54 Å². The van der Waals surface area contributed by atoms with Gasteiger partial charge in [0.05, 0.1) is 11.8 Å². The van der Waals surface area contributed by atoms with E-state index in [1.54, 1.807) is 0 Å². The van der Waals surface area contributed by atoms with Gasteiger partial charge in [-0.3, -0.25) is 0 Å². The van der Waals surface area contributed by atoms with E-state index in [0.29, 0.717) is 0 Å². The fourth-order valence-electron chi connectivity index (χ4n) is 7.84. The SMILES string of the molecule is Cc1c(C23c4ccccc4C(O)C2C(c2ccccc2)c2c(C)c4ccccc4n23)[nH]c2ccccc12. The fraction of sp³-hybridized carbons (Fsp3) is 0.176. The molecule has 0 fully saturated rings. The van der Waals surface area contributed by atoms with Crippen LogP contribution in [0.5, 0.6) is 0 Å². The molecular weight excluding hydrogens is 452 g/mol. The van der Waals surface area contributed by atoms with E-state index in [4.69, 9.17) is 0 Å². The number of hydrogen-bond acceptors (Lipinski definition) is 1. The molecule has 0 radical (unpaired) electrons. The van der Waals surface area contributed by atoms with E-state index in [-0.39, 0.29) is 11.8 Å². The van der Waals surface area contributed by atoms with Gasteiger partial charge in [0.15, 0.2) is 0 Å². The highest BCUT2D eigenvalue weighted by atomic mass is 16.3. The normalized spacial score (nSPS) is 23.9. The van der Waals surface area contributed by atoms with Crippen molar-refractivity contribution in [3.63, 3.8) is 0 Å². The van der Waals surface area contributed by atoms with Gasteiger partial charge in [-0.05, 0) is 53.8 Å². The molecule has 37 heavy (non-hydrogen) atoms. The predicted molar refractivity (Wildman–Crippen MR) is 149 cm³/mol. The summed E-state index contributed by atoms with van der Waals surface area (Å²) in [6.45, 7) is 4.50. The van der Waals surface area contributed by atoms with Crippen molar-refractivity contribution in [2.24, 2.45) is 5.92 Å². The molecule has 0 spiro atoms. The zero-order valence-electron chi connectivity index (χ0n) is 20.9. The van der Waals surface area contributed by atoms with Crippen LogP contribution >= 0.6 is 0 Å². The lowest BCUT2D eigenvalue weighted by Crippen LogP contribution is -2.39. The van der Waals surface area contributed by atoms with Crippen molar-refractivity contribution in [1.82, 2.24) is 9.55 Å². The molecule has 180 valence electrons. The summed E-state index contributed by atoms with van der Waals surface area (Å²) in [6, 6.07) is 36.7. The Morgan fingerprint density at radius 2 is 1.41 bits per heavy atom. The van der Waals surface area contributed by atoms with E-state index in [2.05, 4.69) is 127 Å². The van der Waals surface area contributed by atoms with Gasteiger partial charge in [-0.2, -0.15) is 0 Å². The topological polar surface area (TPSA) is 41.0 Å². The largest absolute Gasteiger partial charge is 0.388 e. The number of aliphatic hydroxyl groups is 1. The quantitative estimate of drug-likeness (QED) is 0.267. The first-order valence-corrected chi connectivity index (χ1v) is 13.1. The van der Waals surface area contributed by atoms with Gasteiger partial charge in [-0.1, -0.05) is 91.0 Å². The molecule has 6 aromatic rings. The number of fused-ring (bicyclic) bond motifs is 8. The molecule has 4 aromatic carbocycles. The summed E-state index contributed by atoms with van der Waals surface area (Å²) in [7, 11) is 0. The van der Waals surface area contributed by atoms with Crippen molar-refractivity contribution in [2.45, 2.75) is 31.4 Å².